The number of carbonyl (C=O) groups excluding carboxylic acids is 1. The lowest BCUT2D eigenvalue weighted by molar-refractivity contribution is -0.208. The number of rotatable bonds is 7. The molecule has 1 saturated heterocycles. The van der Waals surface area contributed by atoms with Gasteiger partial charge < -0.3 is 30.1 Å². The molecule has 4 N–H and O–H groups in total. The van der Waals surface area contributed by atoms with Crippen molar-refractivity contribution >= 4 is 5.91 Å². The van der Waals surface area contributed by atoms with Crippen LogP contribution in [0, 0.1) is 0 Å². The Bertz CT molecular complexity index is 1060. The van der Waals surface area contributed by atoms with Crippen molar-refractivity contribution in [3.63, 3.8) is 0 Å². The van der Waals surface area contributed by atoms with E-state index in [2.05, 4.69) is 15.6 Å². The second-order valence-corrected chi connectivity index (χ2v) is 7.76. The summed E-state index contributed by atoms with van der Waals surface area (Å²) in [7, 11) is 1.56. The lowest BCUT2D eigenvalue weighted by Crippen LogP contribution is -2.53. The number of nitrogens with one attached hydrogen (secondary N) is 1. The number of nitrogens with zero attached hydrogens (tertiary/aromatic N) is 3. The van der Waals surface area contributed by atoms with E-state index in [1.807, 2.05) is 6.07 Å². The van der Waals surface area contributed by atoms with E-state index in [-0.39, 0.29) is 12.5 Å². The van der Waals surface area contributed by atoms with Crippen LogP contribution in [-0.2, 0) is 11.3 Å². The number of ether oxygens (including phenoxy) is 2. The zero-order valence-electron chi connectivity index (χ0n) is 18.0. The quantitative estimate of drug-likeness (QED) is 0.407. The summed E-state index contributed by atoms with van der Waals surface area (Å²) in [6.45, 7) is -0.321. The first kappa shape index (κ1) is 22.9. The van der Waals surface area contributed by atoms with Gasteiger partial charge in [0.2, 0.25) is 0 Å². The van der Waals surface area contributed by atoms with Crippen molar-refractivity contribution in [3.8, 4) is 5.75 Å². The molecule has 0 unspecified atom stereocenters. The standard InChI is InChI=1S/C23H26N4O6/c1-32-17-9-7-14(8-10-17)22-19(21(30)20(29)18(13-28)33-22)27-12-16(25-26-27)11-24-23(31)15-5-3-2-4-6-15/h2-10,12,18-22,28-30H,11,13H2,1H3,(H,24,31)/t18-,19-,20+,21-,22+/m1/s1. The summed E-state index contributed by atoms with van der Waals surface area (Å²) in [6.07, 6.45) is -2.70. The van der Waals surface area contributed by atoms with Gasteiger partial charge in [-0.15, -0.1) is 5.10 Å². The fourth-order valence-electron chi connectivity index (χ4n) is 3.87. The Labute approximate surface area is 190 Å². The Hall–Kier alpha value is -3.31. The van der Waals surface area contributed by atoms with Gasteiger partial charge in [-0.2, -0.15) is 0 Å². The van der Waals surface area contributed by atoms with Gasteiger partial charge in [-0.25, -0.2) is 4.68 Å². The molecular weight excluding hydrogens is 428 g/mol. The third kappa shape index (κ3) is 4.88. The average Bonchev–Trinajstić information content (AvgIpc) is 3.33. The summed E-state index contributed by atoms with van der Waals surface area (Å²) in [4.78, 5) is 12.3. The molecule has 1 aliphatic rings. The Morgan fingerprint density at radius 1 is 1.12 bits per heavy atom. The topological polar surface area (TPSA) is 139 Å². The van der Waals surface area contributed by atoms with Gasteiger partial charge in [0.05, 0.1) is 26.5 Å². The molecule has 0 aliphatic carbocycles. The van der Waals surface area contributed by atoms with Gasteiger partial charge in [-0.1, -0.05) is 35.5 Å². The molecule has 1 amide bonds. The molecule has 0 spiro atoms. The van der Waals surface area contributed by atoms with Gasteiger partial charge in [-0.3, -0.25) is 4.79 Å². The molecule has 5 atom stereocenters. The van der Waals surface area contributed by atoms with Crippen molar-refractivity contribution in [3.05, 3.63) is 77.6 Å². The molecule has 33 heavy (non-hydrogen) atoms. The van der Waals surface area contributed by atoms with Crippen LogP contribution in [-0.4, -0.2) is 68.2 Å². The van der Waals surface area contributed by atoms with Crippen LogP contribution in [0.25, 0.3) is 0 Å². The fourth-order valence-corrected chi connectivity index (χ4v) is 3.87. The predicted molar refractivity (Wildman–Crippen MR) is 116 cm³/mol. The number of benzene rings is 2. The number of aliphatic hydroxyl groups is 3. The van der Waals surface area contributed by atoms with Gasteiger partial charge in [0.25, 0.3) is 5.91 Å². The zero-order chi connectivity index (χ0) is 23.4. The second kappa shape index (κ2) is 10.1. The van der Waals surface area contributed by atoms with Gasteiger partial charge in [-0.05, 0) is 29.8 Å². The van der Waals surface area contributed by atoms with E-state index >= 15 is 0 Å². The number of methoxy groups -OCH3 is 1. The van der Waals surface area contributed by atoms with Gasteiger partial charge in [0.1, 0.15) is 41.9 Å². The highest BCUT2D eigenvalue weighted by molar-refractivity contribution is 5.94. The highest BCUT2D eigenvalue weighted by Gasteiger charge is 2.46. The van der Waals surface area contributed by atoms with Crippen LogP contribution in [0.15, 0.2) is 60.8 Å². The minimum Gasteiger partial charge on any atom is -0.497 e. The van der Waals surface area contributed by atoms with Gasteiger partial charge in [0, 0.05) is 5.56 Å². The van der Waals surface area contributed by atoms with E-state index < -0.39 is 37.1 Å². The third-order valence-electron chi connectivity index (χ3n) is 5.67. The van der Waals surface area contributed by atoms with Crippen LogP contribution in [0.4, 0.5) is 0 Å². The van der Waals surface area contributed by atoms with Crippen molar-refractivity contribution in [1.82, 2.24) is 20.3 Å². The van der Waals surface area contributed by atoms with E-state index in [1.54, 1.807) is 61.8 Å². The Morgan fingerprint density at radius 3 is 2.52 bits per heavy atom. The van der Waals surface area contributed by atoms with Crippen molar-refractivity contribution in [2.24, 2.45) is 0 Å². The van der Waals surface area contributed by atoms with E-state index in [1.165, 1.54) is 4.68 Å². The molecule has 1 fully saturated rings. The van der Waals surface area contributed by atoms with Gasteiger partial charge >= 0.3 is 0 Å². The Balaban J connectivity index is 1.55. The first-order valence-corrected chi connectivity index (χ1v) is 10.5. The van der Waals surface area contributed by atoms with Crippen LogP contribution in [0.5, 0.6) is 5.75 Å². The predicted octanol–water partition coefficient (Wildman–Crippen LogP) is 0.612. The number of aromatic nitrogens is 3. The molecule has 10 heteroatoms. The smallest absolute Gasteiger partial charge is 0.251 e. The van der Waals surface area contributed by atoms with E-state index in [0.717, 1.165) is 0 Å². The van der Waals surface area contributed by atoms with Crippen molar-refractivity contribution in [1.29, 1.82) is 0 Å². The van der Waals surface area contributed by atoms with Crippen molar-refractivity contribution < 1.29 is 29.6 Å². The average molecular weight is 454 g/mol. The number of hydrogen-bond acceptors (Lipinski definition) is 8. The van der Waals surface area contributed by atoms with Crippen molar-refractivity contribution in [2.45, 2.75) is 37.0 Å². The molecule has 3 aromatic rings. The summed E-state index contributed by atoms with van der Waals surface area (Å²) in [5.74, 6) is 0.408. The van der Waals surface area contributed by atoms with Crippen molar-refractivity contribution in [2.75, 3.05) is 13.7 Å². The van der Waals surface area contributed by atoms with Crippen LogP contribution in [0.2, 0.25) is 0 Å². The first-order valence-electron chi connectivity index (χ1n) is 10.5. The van der Waals surface area contributed by atoms with Crippen LogP contribution < -0.4 is 10.1 Å². The summed E-state index contributed by atoms with van der Waals surface area (Å²) in [5, 5.41) is 41.9. The second-order valence-electron chi connectivity index (χ2n) is 7.76. The number of aliphatic hydroxyl groups excluding tert-OH is 3. The maximum absolute atomic E-state index is 12.3. The third-order valence-corrected chi connectivity index (χ3v) is 5.67. The molecular formula is C23H26N4O6. The maximum Gasteiger partial charge on any atom is 0.251 e. The molecule has 174 valence electrons. The molecule has 0 bridgehead atoms. The number of carbonyl (C=O) groups is 1. The lowest BCUT2D eigenvalue weighted by Gasteiger charge is -2.42. The van der Waals surface area contributed by atoms with Crippen LogP contribution in [0.3, 0.4) is 0 Å². The highest BCUT2D eigenvalue weighted by Crippen LogP contribution is 2.40. The highest BCUT2D eigenvalue weighted by atomic mass is 16.5. The monoisotopic (exact) mass is 454 g/mol. The molecule has 0 radical (unpaired) electrons. The minimum atomic E-state index is -1.32. The van der Waals surface area contributed by atoms with Crippen LogP contribution >= 0.6 is 0 Å². The number of amides is 1. The summed E-state index contributed by atoms with van der Waals surface area (Å²) < 4.78 is 12.6. The van der Waals surface area contributed by atoms with E-state index in [0.29, 0.717) is 22.6 Å². The van der Waals surface area contributed by atoms with E-state index in [4.69, 9.17) is 9.47 Å². The zero-order valence-corrected chi connectivity index (χ0v) is 18.0. The lowest BCUT2D eigenvalue weighted by atomic mass is 9.89. The largest absolute Gasteiger partial charge is 0.497 e. The SMILES string of the molecule is COc1ccc([C@@H]2O[C@H](CO)[C@H](O)[C@H](O)[C@H]2n2cc(CNC(=O)c3ccccc3)nn2)cc1. The summed E-state index contributed by atoms with van der Waals surface area (Å²) >= 11 is 0. The van der Waals surface area contributed by atoms with Crippen LogP contribution in [0.1, 0.15) is 33.8 Å². The molecule has 0 saturated carbocycles. The maximum atomic E-state index is 12.3. The number of hydrogen-bond donors (Lipinski definition) is 4. The Morgan fingerprint density at radius 2 is 1.85 bits per heavy atom. The normalized spacial score (nSPS) is 24.9. The molecule has 1 aromatic heterocycles. The molecule has 1 aliphatic heterocycles. The summed E-state index contributed by atoms with van der Waals surface area (Å²) in [6, 6.07) is 15.1. The first-order chi connectivity index (χ1) is 16.0. The molecule has 2 aromatic carbocycles. The molecule has 4 rings (SSSR count). The van der Waals surface area contributed by atoms with E-state index in [9.17, 15) is 20.1 Å². The minimum absolute atomic E-state index is 0.131. The van der Waals surface area contributed by atoms with Gasteiger partial charge in [0.15, 0.2) is 0 Å². The fraction of sp³-hybridized carbons (Fsp3) is 0.348. The summed E-state index contributed by atoms with van der Waals surface area (Å²) in [5.41, 5.74) is 1.71. The molecule has 10 nitrogen and oxygen atoms in total. The molecule has 2 heterocycles. The Kier molecular flexibility index (Phi) is 6.99.